The third-order valence-electron chi connectivity index (χ3n) is 2.39. The van der Waals surface area contributed by atoms with Gasteiger partial charge in [0.1, 0.15) is 5.82 Å². The second kappa shape index (κ2) is 3.73. The van der Waals surface area contributed by atoms with E-state index in [1.807, 2.05) is 37.0 Å². The van der Waals surface area contributed by atoms with Crippen LogP contribution >= 0.6 is 0 Å². The monoisotopic (exact) mass is 202 g/mol. The molecule has 2 aromatic rings. The third kappa shape index (κ3) is 1.98. The third-order valence-corrected chi connectivity index (χ3v) is 2.39. The van der Waals surface area contributed by atoms with Gasteiger partial charge in [0.15, 0.2) is 0 Å². The summed E-state index contributed by atoms with van der Waals surface area (Å²) in [6.07, 6.45) is 6.20. The molecular formula is C11H14N4. The van der Waals surface area contributed by atoms with Crippen LogP contribution in [0.15, 0.2) is 24.7 Å². The van der Waals surface area contributed by atoms with Gasteiger partial charge in [-0.15, -0.1) is 0 Å². The van der Waals surface area contributed by atoms with Crippen LogP contribution in [0.4, 0.5) is 5.69 Å². The second-order valence-corrected chi connectivity index (χ2v) is 3.68. The maximum absolute atomic E-state index is 5.89. The predicted molar refractivity (Wildman–Crippen MR) is 59.4 cm³/mol. The molecule has 4 heteroatoms. The Morgan fingerprint density at radius 2 is 2.20 bits per heavy atom. The van der Waals surface area contributed by atoms with Crippen molar-refractivity contribution in [2.24, 2.45) is 7.05 Å². The Bertz CT molecular complexity index is 473. The number of aromatic nitrogens is 3. The van der Waals surface area contributed by atoms with E-state index in [4.69, 9.17) is 5.73 Å². The highest BCUT2D eigenvalue weighted by molar-refractivity contribution is 5.45. The lowest BCUT2D eigenvalue weighted by atomic mass is 10.2. The number of nitrogens with two attached hydrogens (primary N) is 1. The zero-order valence-corrected chi connectivity index (χ0v) is 8.94. The van der Waals surface area contributed by atoms with Crippen LogP contribution in [0, 0.1) is 6.92 Å². The van der Waals surface area contributed by atoms with E-state index in [-0.39, 0.29) is 0 Å². The molecule has 0 aromatic carbocycles. The molecule has 0 radical (unpaired) electrons. The molecule has 0 aliphatic rings. The molecule has 2 heterocycles. The molecule has 78 valence electrons. The van der Waals surface area contributed by atoms with Gasteiger partial charge >= 0.3 is 0 Å². The molecule has 15 heavy (non-hydrogen) atoms. The summed E-state index contributed by atoms with van der Waals surface area (Å²) < 4.78 is 1.97. The van der Waals surface area contributed by atoms with E-state index < -0.39 is 0 Å². The summed E-state index contributed by atoms with van der Waals surface area (Å²) in [5.41, 5.74) is 8.59. The van der Waals surface area contributed by atoms with Gasteiger partial charge in [-0.2, -0.15) is 0 Å². The number of anilines is 1. The first kappa shape index (κ1) is 9.71. The lowest BCUT2D eigenvalue weighted by Gasteiger charge is -2.05. The smallest absolute Gasteiger partial charge is 0.114 e. The number of hydrogen-bond donors (Lipinski definition) is 1. The Balaban J connectivity index is 2.29. The molecule has 2 N–H and O–H groups in total. The van der Waals surface area contributed by atoms with Crippen molar-refractivity contribution >= 4 is 5.69 Å². The SMILES string of the molecule is Cc1cnc(Cc2nccn2C)c(N)c1. The Morgan fingerprint density at radius 1 is 1.40 bits per heavy atom. The van der Waals surface area contributed by atoms with E-state index in [1.54, 1.807) is 6.20 Å². The summed E-state index contributed by atoms with van der Waals surface area (Å²) in [6, 6.07) is 1.94. The van der Waals surface area contributed by atoms with Gasteiger partial charge in [0.25, 0.3) is 0 Å². The molecule has 0 aliphatic heterocycles. The Morgan fingerprint density at radius 3 is 2.80 bits per heavy atom. The lowest BCUT2D eigenvalue weighted by molar-refractivity contribution is 0.812. The minimum absolute atomic E-state index is 0.676. The molecule has 0 aliphatic carbocycles. The van der Waals surface area contributed by atoms with Crippen LogP contribution in [0.1, 0.15) is 17.1 Å². The molecule has 0 fully saturated rings. The molecule has 4 nitrogen and oxygen atoms in total. The normalized spacial score (nSPS) is 10.5. The van der Waals surface area contributed by atoms with Gasteiger partial charge < -0.3 is 10.3 Å². The fraction of sp³-hybridized carbons (Fsp3) is 0.273. The molecule has 2 rings (SSSR count). The van der Waals surface area contributed by atoms with Crippen molar-refractivity contribution in [1.82, 2.24) is 14.5 Å². The van der Waals surface area contributed by atoms with Crippen molar-refractivity contribution in [2.45, 2.75) is 13.3 Å². The van der Waals surface area contributed by atoms with E-state index >= 15 is 0 Å². The maximum atomic E-state index is 5.89. The van der Waals surface area contributed by atoms with Crippen molar-refractivity contribution in [3.63, 3.8) is 0 Å². The number of pyridine rings is 1. The van der Waals surface area contributed by atoms with Gasteiger partial charge in [-0.25, -0.2) is 4.98 Å². The van der Waals surface area contributed by atoms with Crippen LogP contribution in [0.3, 0.4) is 0 Å². The number of nitrogen functional groups attached to an aromatic ring is 1. The Labute approximate surface area is 88.8 Å². The highest BCUT2D eigenvalue weighted by Gasteiger charge is 2.05. The molecule has 0 saturated heterocycles. The van der Waals surface area contributed by atoms with E-state index in [1.165, 1.54) is 0 Å². The van der Waals surface area contributed by atoms with Crippen molar-refractivity contribution in [3.8, 4) is 0 Å². The van der Waals surface area contributed by atoms with Crippen molar-refractivity contribution in [2.75, 3.05) is 5.73 Å². The maximum Gasteiger partial charge on any atom is 0.114 e. The largest absolute Gasteiger partial charge is 0.397 e. The fourth-order valence-corrected chi connectivity index (χ4v) is 1.48. The van der Waals surface area contributed by atoms with Gasteiger partial charge in [-0.3, -0.25) is 4.98 Å². The van der Waals surface area contributed by atoms with E-state index in [9.17, 15) is 0 Å². The molecular weight excluding hydrogens is 188 g/mol. The first-order chi connectivity index (χ1) is 7.16. The highest BCUT2D eigenvalue weighted by atomic mass is 15.0. The van der Waals surface area contributed by atoms with Crippen molar-refractivity contribution in [1.29, 1.82) is 0 Å². The standard InChI is InChI=1S/C11H14N4/c1-8-5-9(12)10(14-7-8)6-11-13-3-4-15(11)2/h3-5,7H,6,12H2,1-2H3. The van der Waals surface area contributed by atoms with Crippen molar-refractivity contribution < 1.29 is 0 Å². The van der Waals surface area contributed by atoms with Gasteiger partial charge in [0, 0.05) is 25.6 Å². The minimum Gasteiger partial charge on any atom is -0.397 e. The van der Waals surface area contributed by atoms with E-state index in [0.717, 1.165) is 22.8 Å². The van der Waals surface area contributed by atoms with E-state index in [2.05, 4.69) is 9.97 Å². The number of hydrogen-bond acceptors (Lipinski definition) is 3. The van der Waals surface area contributed by atoms with Gasteiger partial charge in [0.05, 0.1) is 17.8 Å². The fourth-order valence-electron chi connectivity index (χ4n) is 1.48. The summed E-state index contributed by atoms with van der Waals surface area (Å²) in [6.45, 7) is 1.98. The van der Waals surface area contributed by atoms with E-state index in [0.29, 0.717) is 6.42 Å². The first-order valence-corrected chi connectivity index (χ1v) is 4.84. The van der Waals surface area contributed by atoms with Crippen LogP contribution in [-0.4, -0.2) is 14.5 Å². The van der Waals surface area contributed by atoms with Crippen LogP contribution in [0.2, 0.25) is 0 Å². The number of imidazole rings is 1. The number of rotatable bonds is 2. The van der Waals surface area contributed by atoms with Crippen LogP contribution in [-0.2, 0) is 13.5 Å². The first-order valence-electron chi connectivity index (χ1n) is 4.84. The summed E-state index contributed by atoms with van der Waals surface area (Å²) in [7, 11) is 1.96. The molecule has 0 amide bonds. The summed E-state index contributed by atoms with van der Waals surface area (Å²) >= 11 is 0. The quantitative estimate of drug-likeness (QED) is 0.798. The van der Waals surface area contributed by atoms with Gasteiger partial charge in [-0.1, -0.05) is 0 Å². The second-order valence-electron chi connectivity index (χ2n) is 3.68. The lowest BCUT2D eigenvalue weighted by Crippen LogP contribution is -2.04. The molecule has 0 saturated carbocycles. The average Bonchev–Trinajstić information content (AvgIpc) is 2.57. The number of aryl methyl sites for hydroxylation is 2. The van der Waals surface area contributed by atoms with Crippen LogP contribution < -0.4 is 5.73 Å². The van der Waals surface area contributed by atoms with Crippen LogP contribution in [0.5, 0.6) is 0 Å². The number of nitrogens with zero attached hydrogens (tertiary/aromatic N) is 3. The summed E-state index contributed by atoms with van der Waals surface area (Å²) in [5.74, 6) is 0.970. The molecule has 0 bridgehead atoms. The zero-order valence-electron chi connectivity index (χ0n) is 8.94. The highest BCUT2D eigenvalue weighted by Crippen LogP contribution is 2.13. The Hall–Kier alpha value is -1.84. The average molecular weight is 202 g/mol. The van der Waals surface area contributed by atoms with Crippen LogP contribution in [0.25, 0.3) is 0 Å². The molecule has 0 atom stereocenters. The summed E-state index contributed by atoms with van der Waals surface area (Å²) in [5, 5.41) is 0. The van der Waals surface area contributed by atoms with Gasteiger partial charge in [0.2, 0.25) is 0 Å². The molecule has 0 spiro atoms. The minimum atomic E-state index is 0.676. The van der Waals surface area contributed by atoms with Gasteiger partial charge in [-0.05, 0) is 18.6 Å². The summed E-state index contributed by atoms with van der Waals surface area (Å²) in [4.78, 5) is 8.56. The topological polar surface area (TPSA) is 56.7 Å². The zero-order chi connectivity index (χ0) is 10.8. The Kier molecular flexibility index (Phi) is 2.41. The molecule has 0 unspecified atom stereocenters. The predicted octanol–water partition coefficient (Wildman–Crippen LogP) is 1.30. The molecule has 2 aromatic heterocycles. The van der Waals surface area contributed by atoms with Crippen molar-refractivity contribution in [3.05, 3.63) is 41.7 Å².